The molecule has 3 amide bonds. The Morgan fingerprint density at radius 2 is 1.40 bits per heavy atom. The summed E-state index contributed by atoms with van der Waals surface area (Å²) in [5, 5.41) is 7.92. The van der Waals surface area contributed by atoms with E-state index in [1.165, 1.54) is 52.1 Å². The molecule has 2 aromatic carbocycles. The van der Waals surface area contributed by atoms with Crippen LogP contribution in [0.3, 0.4) is 0 Å². The first kappa shape index (κ1) is 32.9. The molecule has 1 aliphatic carbocycles. The van der Waals surface area contributed by atoms with Gasteiger partial charge >= 0.3 is 6.18 Å². The van der Waals surface area contributed by atoms with Crippen molar-refractivity contribution in [3.63, 3.8) is 0 Å². The first-order valence-electron chi connectivity index (χ1n) is 13.6. The van der Waals surface area contributed by atoms with Crippen LogP contribution in [0.2, 0.25) is 5.02 Å². The number of methoxy groups -OCH3 is 1. The molecule has 228 valence electrons. The average molecular weight is 610 g/mol. The van der Waals surface area contributed by atoms with Gasteiger partial charge < -0.3 is 20.7 Å². The molecule has 2 aromatic rings. The number of alkyl halides is 3. The average Bonchev–Trinajstić information content (AvgIpc) is 2.91. The lowest BCUT2D eigenvalue weighted by molar-refractivity contribution is -0.175. The largest absolute Gasteiger partial charge is 0.497 e. The minimum absolute atomic E-state index is 0.0957. The molecular weight excluding hydrogens is 575 g/mol. The maximum absolute atomic E-state index is 13.4. The predicted octanol–water partition coefficient (Wildman–Crippen LogP) is 4.87. The molecule has 4 atom stereocenters. The lowest BCUT2D eigenvalue weighted by atomic mass is 9.72. The monoisotopic (exact) mass is 609 g/mol. The van der Waals surface area contributed by atoms with E-state index in [1.807, 2.05) is 0 Å². The van der Waals surface area contributed by atoms with Gasteiger partial charge in [-0.2, -0.15) is 13.2 Å². The van der Waals surface area contributed by atoms with E-state index in [0.29, 0.717) is 10.8 Å². The molecule has 8 nitrogen and oxygen atoms in total. The molecule has 42 heavy (non-hydrogen) atoms. The zero-order valence-electron chi connectivity index (χ0n) is 23.8. The third-order valence-electron chi connectivity index (χ3n) is 7.41. The number of amides is 3. The highest BCUT2D eigenvalue weighted by Gasteiger charge is 2.45. The topological polar surface area (TPSA) is 114 Å². The Balaban J connectivity index is 1.81. The van der Waals surface area contributed by atoms with Gasteiger partial charge in [0.2, 0.25) is 17.7 Å². The van der Waals surface area contributed by atoms with Gasteiger partial charge in [-0.1, -0.05) is 56.1 Å². The lowest BCUT2D eigenvalue weighted by Crippen LogP contribution is -2.54. The molecule has 1 fully saturated rings. The van der Waals surface area contributed by atoms with Crippen LogP contribution in [0.25, 0.3) is 0 Å². The van der Waals surface area contributed by atoms with Crippen molar-refractivity contribution in [3.05, 3.63) is 64.7 Å². The van der Waals surface area contributed by atoms with Gasteiger partial charge in [-0.05, 0) is 67.0 Å². The Hall–Kier alpha value is -3.60. The summed E-state index contributed by atoms with van der Waals surface area (Å²) < 4.78 is 44.8. The number of hydrogen-bond donors (Lipinski definition) is 3. The second-order valence-corrected chi connectivity index (χ2v) is 11.2. The number of ether oxygens (including phenoxy) is 1. The van der Waals surface area contributed by atoms with Crippen LogP contribution in [0.15, 0.2) is 48.5 Å². The molecule has 0 aromatic heterocycles. The third-order valence-corrected chi connectivity index (χ3v) is 7.66. The summed E-state index contributed by atoms with van der Waals surface area (Å²) in [6, 6.07) is 8.46. The van der Waals surface area contributed by atoms with Crippen molar-refractivity contribution in [2.45, 2.75) is 70.3 Å². The third kappa shape index (κ3) is 8.24. The minimum Gasteiger partial charge on any atom is -0.497 e. The quantitative estimate of drug-likeness (QED) is 0.318. The number of halogens is 4. The summed E-state index contributed by atoms with van der Waals surface area (Å²) in [4.78, 5) is 52.0. The fourth-order valence-electron chi connectivity index (χ4n) is 4.76. The van der Waals surface area contributed by atoms with Gasteiger partial charge in [0.05, 0.1) is 19.1 Å². The van der Waals surface area contributed by atoms with E-state index in [2.05, 4.69) is 16.0 Å². The van der Waals surface area contributed by atoms with Crippen molar-refractivity contribution in [1.29, 1.82) is 0 Å². The fourth-order valence-corrected chi connectivity index (χ4v) is 4.89. The zero-order chi connectivity index (χ0) is 31.2. The van der Waals surface area contributed by atoms with Crippen molar-refractivity contribution >= 4 is 35.1 Å². The maximum atomic E-state index is 13.4. The first-order valence-corrected chi connectivity index (χ1v) is 14.0. The molecule has 1 saturated carbocycles. The smallest absolute Gasteiger partial charge is 0.452 e. The number of nitrogens with one attached hydrogen (secondary N) is 3. The standard InChI is InChI=1S/C30H35ClF3N3O5/c1-16(2)24(26(38)30(32,33)34)36-29(41)25(20-10-14-22(42-4)15-11-20)37-27(39)17(3)35-28(40)23(18-6-5-7-18)19-8-12-21(31)13-9-19/h8-18,23-25H,5-7H2,1-4H3,(H,35,40)(H,36,41)(H,37,39)/t17-,23+,24-,25-/m0/s1. The Bertz CT molecular complexity index is 1260. The normalized spacial score (nSPS) is 16.4. The van der Waals surface area contributed by atoms with Gasteiger partial charge in [-0.25, -0.2) is 0 Å². The van der Waals surface area contributed by atoms with Gasteiger partial charge in [0.1, 0.15) is 17.8 Å². The fraction of sp³-hybridized carbons (Fsp3) is 0.467. The molecule has 0 spiro atoms. The van der Waals surface area contributed by atoms with Crippen LogP contribution in [0.5, 0.6) is 5.75 Å². The number of carbonyl (C=O) groups is 4. The Kier molecular flexibility index (Phi) is 11.0. The van der Waals surface area contributed by atoms with Crippen LogP contribution in [0, 0.1) is 11.8 Å². The second kappa shape index (κ2) is 14.0. The van der Waals surface area contributed by atoms with E-state index in [1.54, 1.807) is 24.3 Å². The summed E-state index contributed by atoms with van der Waals surface area (Å²) in [5.41, 5.74) is 0.995. The molecule has 0 radical (unpaired) electrons. The highest BCUT2D eigenvalue weighted by Crippen LogP contribution is 2.40. The van der Waals surface area contributed by atoms with Gasteiger partial charge in [-0.3, -0.25) is 19.2 Å². The van der Waals surface area contributed by atoms with Crippen LogP contribution < -0.4 is 20.7 Å². The Morgan fingerprint density at radius 3 is 1.88 bits per heavy atom. The summed E-state index contributed by atoms with van der Waals surface area (Å²) in [7, 11) is 1.43. The van der Waals surface area contributed by atoms with E-state index >= 15 is 0 Å². The maximum Gasteiger partial charge on any atom is 0.452 e. The molecule has 0 saturated heterocycles. The minimum atomic E-state index is -5.17. The number of hydrogen-bond acceptors (Lipinski definition) is 5. The summed E-state index contributed by atoms with van der Waals surface area (Å²) in [6.45, 7) is 4.18. The van der Waals surface area contributed by atoms with E-state index < -0.39 is 53.7 Å². The highest BCUT2D eigenvalue weighted by atomic mass is 35.5. The zero-order valence-corrected chi connectivity index (χ0v) is 24.5. The predicted molar refractivity (Wildman–Crippen MR) is 151 cm³/mol. The first-order chi connectivity index (χ1) is 19.7. The van der Waals surface area contributed by atoms with Crippen molar-refractivity contribution < 1.29 is 37.1 Å². The van der Waals surface area contributed by atoms with Gasteiger partial charge in [0.15, 0.2) is 0 Å². The van der Waals surface area contributed by atoms with Crippen molar-refractivity contribution in [3.8, 4) is 5.75 Å². The molecule has 3 N–H and O–H groups in total. The number of benzene rings is 2. The number of ketones is 1. The molecule has 1 aliphatic rings. The molecule has 3 rings (SSSR count). The van der Waals surface area contributed by atoms with E-state index in [4.69, 9.17) is 16.3 Å². The van der Waals surface area contributed by atoms with Crippen molar-refractivity contribution in [2.75, 3.05) is 7.11 Å². The second-order valence-electron chi connectivity index (χ2n) is 10.8. The molecule has 0 unspecified atom stereocenters. The van der Waals surface area contributed by atoms with Crippen molar-refractivity contribution in [2.24, 2.45) is 11.8 Å². The molecule has 0 bridgehead atoms. The number of carbonyl (C=O) groups excluding carboxylic acids is 4. The molecule has 12 heteroatoms. The highest BCUT2D eigenvalue weighted by molar-refractivity contribution is 6.30. The summed E-state index contributed by atoms with van der Waals surface area (Å²) >= 11 is 6.01. The summed E-state index contributed by atoms with van der Waals surface area (Å²) in [5.74, 6) is -5.08. The SMILES string of the molecule is COc1ccc([C@H](NC(=O)[C@H](C)NC(=O)[C@@H](c2ccc(Cl)cc2)C2CCC2)C(=O)N[C@H](C(=O)C(F)(F)F)C(C)C)cc1. The Labute approximate surface area is 247 Å². The van der Waals surface area contributed by atoms with E-state index in [9.17, 15) is 32.3 Å². The van der Waals surface area contributed by atoms with E-state index in [-0.39, 0.29) is 17.4 Å². The van der Waals surface area contributed by atoms with Gasteiger partial charge in [0.25, 0.3) is 5.78 Å². The van der Waals surface area contributed by atoms with Crippen LogP contribution >= 0.6 is 11.6 Å². The van der Waals surface area contributed by atoms with Crippen molar-refractivity contribution in [1.82, 2.24) is 16.0 Å². The van der Waals surface area contributed by atoms with Crippen LogP contribution in [0.1, 0.15) is 63.1 Å². The lowest BCUT2D eigenvalue weighted by Gasteiger charge is -2.34. The molecule has 0 heterocycles. The van der Waals surface area contributed by atoms with Gasteiger partial charge in [0, 0.05) is 5.02 Å². The van der Waals surface area contributed by atoms with Gasteiger partial charge in [-0.15, -0.1) is 0 Å². The van der Waals surface area contributed by atoms with Crippen LogP contribution in [-0.4, -0.2) is 48.9 Å². The van der Waals surface area contributed by atoms with Crippen LogP contribution in [0.4, 0.5) is 13.2 Å². The van der Waals surface area contributed by atoms with E-state index in [0.717, 1.165) is 24.8 Å². The number of Topliss-reactive ketones (excluding diaryl/α,β-unsaturated/α-hetero) is 1. The number of rotatable bonds is 12. The Morgan fingerprint density at radius 1 is 0.833 bits per heavy atom. The molecular formula is C30H35ClF3N3O5. The summed E-state index contributed by atoms with van der Waals surface area (Å²) in [6.07, 6.45) is -2.46. The van der Waals surface area contributed by atoms with Crippen LogP contribution in [-0.2, 0) is 19.2 Å². The molecule has 0 aliphatic heterocycles.